The van der Waals surface area contributed by atoms with Crippen LogP contribution >= 0.6 is 0 Å². The Morgan fingerprint density at radius 2 is 1.61 bits per heavy atom. The highest BCUT2D eigenvalue weighted by Crippen LogP contribution is 2.63. The fourth-order valence-electron chi connectivity index (χ4n) is 3.66. The Labute approximate surface area is 104 Å². The second kappa shape index (κ2) is 3.98. The van der Waals surface area contributed by atoms with Gasteiger partial charge < -0.3 is 5.11 Å². The van der Waals surface area contributed by atoms with Gasteiger partial charge in [-0.2, -0.15) is 0 Å². The Morgan fingerprint density at radius 3 is 2.11 bits per heavy atom. The average Bonchev–Trinajstić information content (AvgIpc) is 2.22. The molecule has 0 saturated heterocycles. The van der Waals surface area contributed by atoms with Gasteiger partial charge in [-0.3, -0.25) is 0 Å². The van der Waals surface area contributed by atoms with Crippen molar-refractivity contribution in [2.75, 3.05) is 6.61 Å². The highest BCUT2D eigenvalue weighted by atomic mass is 19.2. The second-order valence-corrected chi connectivity index (χ2v) is 5.86. The molecule has 0 atom stereocenters. The third kappa shape index (κ3) is 1.74. The summed E-state index contributed by atoms with van der Waals surface area (Å²) in [4.78, 5) is 0. The van der Waals surface area contributed by atoms with E-state index in [9.17, 15) is 13.2 Å². The molecule has 1 aromatic rings. The monoisotopic (exact) mass is 256 g/mol. The minimum absolute atomic E-state index is 0.134. The Balaban J connectivity index is 1.69. The first-order valence-electron chi connectivity index (χ1n) is 6.28. The van der Waals surface area contributed by atoms with Crippen molar-refractivity contribution in [3.05, 3.63) is 35.1 Å². The lowest BCUT2D eigenvalue weighted by atomic mass is 9.47. The summed E-state index contributed by atoms with van der Waals surface area (Å²) in [7, 11) is 0. The molecule has 0 aliphatic heterocycles. The number of aliphatic hydroxyl groups excluding tert-OH is 1. The van der Waals surface area contributed by atoms with Crippen LogP contribution in [0.5, 0.6) is 0 Å². The van der Waals surface area contributed by atoms with Gasteiger partial charge in [0.05, 0.1) is 0 Å². The fourth-order valence-corrected chi connectivity index (χ4v) is 3.66. The topological polar surface area (TPSA) is 20.2 Å². The lowest BCUT2D eigenvalue weighted by Gasteiger charge is -2.58. The van der Waals surface area contributed by atoms with Crippen LogP contribution in [0.2, 0.25) is 0 Å². The summed E-state index contributed by atoms with van der Waals surface area (Å²) in [6.45, 7) is 0.228. The third-order valence-corrected chi connectivity index (χ3v) is 4.54. The van der Waals surface area contributed by atoms with Crippen molar-refractivity contribution in [2.24, 2.45) is 11.3 Å². The zero-order valence-electron chi connectivity index (χ0n) is 9.93. The van der Waals surface area contributed by atoms with E-state index in [4.69, 9.17) is 5.11 Å². The number of benzene rings is 1. The molecule has 0 unspecified atom stereocenters. The maximum absolute atomic E-state index is 13.1. The summed E-state index contributed by atoms with van der Waals surface area (Å²) >= 11 is 0. The van der Waals surface area contributed by atoms with Gasteiger partial charge in [-0.15, -0.1) is 0 Å². The van der Waals surface area contributed by atoms with E-state index in [2.05, 4.69) is 0 Å². The van der Waals surface area contributed by atoms with Crippen molar-refractivity contribution in [2.45, 2.75) is 31.6 Å². The van der Waals surface area contributed by atoms with Crippen LogP contribution in [0, 0.1) is 28.8 Å². The molecule has 2 fully saturated rings. The number of rotatable bonds is 2. The predicted octanol–water partition coefficient (Wildman–Crippen LogP) is 3.37. The normalized spacial score (nSPS) is 34.2. The van der Waals surface area contributed by atoms with Gasteiger partial charge in [-0.1, -0.05) is 0 Å². The van der Waals surface area contributed by atoms with Gasteiger partial charge in [0.15, 0.2) is 17.5 Å². The Hall–Kier alpha value is -1.03. The molecular weight excluding hydrogens is 241 g/mol. The molecule has 0 heterocycles. The molecule has 2 saturated carbocycles. The molecule has 0 bridgehead atoms. The molecule has 0 radical (unpaired) electrons. The molecule has 1 spiro atoms. The van der Waals surface area contributed by atoms with E-state index in [0.29, 0.717) is 11.5 Å². The number of hydrogen-bond donors (Lipinski definition) is 1. The third-order valence-electron chi connectivity index (χ3n) is 4.54. The summed E-state index contributed by atoms with van der Waals surface area (Å²) in [6, 6.07) is 2.22. The van der Waals surface area contributed by atoms with Crippen LogP contribution in [-0.4, -0.2) is 11.7 Å². The minimum Gasteiger partial charge on any atom is -0.396 e. The van der Waals surface area contributed by atoms with E-state index in [0.717, 1.165) is 37.8 Å². The largest absolute Gasteiger partial charge is 0.396 e. The smallest absolute Gasteiger partial charge is 0.194 e. The van der Waals surface area contributed by atoms with Gasteiger partial charge in [-0.05, 0) is 60.6 Å². The molecule has 3 rings (SSSR count). The van der Waals surface area contributed by atoms with Crippen molar-refractivity contribution in [3.63, 3.8) is 0 Å². The number of halogens is 3. The maximum atomic E-state index is 13.1. The van der Waals surface area contributed by atoms with E-state index >= 15 is 0 Å². The van der Waals surface area contributed by atoms with Crippen LogP contribution in [0.15, 0.2) is 12.1 Å². The first-order chi connectivity index (χ1) is 8.53. The fraction of sp³-hybridized carbons (Fsp3) is 0.571. The highest BCUT2D eigenvalue weighted by molar-refractivity contribution is 5.27. The van der Waals surface area contributed by atoms with Crippen LogP contribution in [0.1, 0.15) is 37.2 Å². The van der Waals surface area contributed by atoms with Crippen molar-refractivity contribution in [3.8, 4) is 0 Å². The number of hydrogen-bond acceptors (Lipinski definition) is 1. The molecule has 98 valence electrons. The molecule has 0 amide bonds. The maximum Gasteiger partial charge on any atom is 0.194 e. The first-order valence-corrected chi connectivity index (χ1v) is 6.28. The molecule has 2 aliphatic rings. The van der Waals surface area contributed by atoms with E-state index in [1.165, 1.54) is 0 Å². The van der Waals surface area contributed by atoms with E-state index in [1.54, 1.807) is 0 Å². The van der Waals surface area contributed by atoms with Gasteiger partial charge in [0.2, 0.25) is 0 Å². The molecule has 0 aromatic heterocycles. The molecule has 1 aromatic carbocycles. The summed E-state index contributed by atoms with van der Waals surface area (Å²) < 4.78 is 39.1. The van der Waals surface area contributed by atoms with Gasteiger partial charge in [0, 0.05) is 6.61 Å². The standard InChI is InChI=1S/C14H15F3O/c15-11-1-9(2-12(16)13(11)17)10-5-14(6-10)3-8(4-14)7-18/h1-2,8,10,18H,3-7H2. The lowest BCUT2D eigenvalue weighted by Crippen LogP contribution is -2.47. The average molecular weight is 256 g/mol. The summed E-state index contributed by atoms with van der Waals surface area (Å²) in [5, 5.41) is 8.98. The van der Waals surface area contributed by atoms with Gasteiger partial charge in [0.1, 0.15) is 0 Å². The van der Waals surface area contributed by atoms with Crippen molar-refractivity contribution in [1.82, 2.24) is 0 Å². The second-order valence-electron chi connectivity index (χ2n) is 5.86. The molecule has 1 nitrogen and oxygen atoms in total. The van der Waals surface area contributed by atoms with Crippen molar-refractivity contribution in [1.29, 1.82) is 0 Å². The zero-order chi connectivity index (χ0) is 12.9. The van der Waals surface area contributed by atoms with Crippen LogP contribution in [0.4, 0.5) is 13.2 Å². The van der Waals surface area contributed by atoms with Crippen LogP contribution in [0.3, 0.4) is 0 Å². The summed E-state index contributed by atoms with van der Waals surface area (Å²) in [5.41, 5.74) is 0.837. The highest BCUT2D eigenvalue weighted by Gasteiger charge is 2.52. The van der Waals surface area contributed by atoms with Gasteiger partial charge >= 0.3 is 0 Å². The molecule has 4 heteroatoms. The predicted molar refractivity (Wildman–Crippen MR) is 60.5 cm³/mol. The first kappa shape index (κ1) is 12.0. The van der Waals surface area contributed by atoms with Gasteiger partial charge in [-0.25, -0.2) is 13.2 Å². The minimum atomic E-state index is -1.39. The van der Waals surface area contributed by atoms with Crippen LogP contribution < -0.4 is 0 Å². The Kier molecular flexibility index (Phi) is 2.66. The van der Waals surface area contributed by atoms with Gasteiger partial charge in [0.25, 0.3) is 0 Å². The SMILES string of the molecule is OCC1CC2(C1)CC(c1cc(F)c(F)c(F)c1)C2. The van der Waals surface area contributed by atoms with E-state index < -0.39 is 17.5 Å². The molecular formula is C14H15F3O. The molecule has 1 N–H and O–H groups in total. The Morgan fingerprint density at radius 1 is 1.06 bits per heavy atom. The summed E-state index contributed by atoms with van der Waals surface area (Å²) in [6.07, 6.45) is 3.81. The van der Waals surface area contributed by atoms with Crippen LogP contribution in [0.25, 0.3) is 0 Å². The Bertz CT molecular complexity index is 449. The van der Waals surface area contributed by atoms with Crippen molar-refractivity contribution < 1.29 is 18.3 Å². The molecule has 18 heavy (non-hydrogen) atoms. The summed E-state index contributed by atoms with van der Waals surface area (Å²) in [5.74, 6) is -3.07. The van der Waals surface area contributed by atoms with Crippen molar-refractivity contribution >= 4 is 0 Å². The zero-order valence-corrected chi connectivity index (χ0v) is 9.93. The van der Waals surface area contributed by atoms with E-state index in [1.807, 2.05) is 0 Å². The lowest BCUT2D eigenvalue weighted by molar-refractivity contribution is -0.0604. The quantitative estimate of drug-likeness (QED) is 0.804. The number of aliphatic hydroxyl groups is 1. The van der Waals surface area contributed by atoms with Crippen LogP contribution in [-0.2, 0) is 0 Å². The van der Waals surface area contributed by atoms with E-state index in [-0.39, 0.29) is 17.9 Å². The molecule has 2 aliphatic carbocycles.